The van der Waals surface area contributed by atoms with Crippen LogP contribution in [0.15, 0.2) is 18.2 Å². The maximum Gasteiger partial charge on any atom is 0.356 e. The lowest BCUT2D eigenvalue weighted by molar-refractivity contribution is 0.0594. The topological polar surface area (TPSA) is 68.7 Å². The highest BCUT2D eigenvalue weighted by atomic mass is 19.1. The molecule has 0 bridgehead atoms. The molecule has 3 rings (SSSR count). The summed E-state index contributed by atoms with van der Waals surface area (Å²) in [4.78, 5) is 15.7. The fourth-order valence-corrected chi connectivity index (χ4v) is 2.03. The van der Waals surface area contributed by atoms with E-state index in [-0.39, 0.29) is 11.2 Å². The Labute approximate surface area is 120 Å². The average Bonchev–Trinajstić information content (AvgIpc) is 3.29. The van der Waals surface area contributed by atoms with Crippen molar-refractivity contribution in [3.8, 4) is 11.5 Å². The first kappa shape index (κ1) is 13.6. The molecule has 0 atom stereocenters. The number of rotatable bonds is 4. The molecule has 1 aliphatic rings. The minimum atomic E-state index is -0.801. The number of methoxy groups -OCH3 is 1. The van der Waals surface area contributed by atoms with Gasteiger partial charge in [-0.05, 0) is 24.8 Å². The van der Waals surface area contributed by atoms with E-state index in [1.54, 1.807) is 0 Å². The number of pyridine rings is 1. The van der Waals surface area contributed by atoms with E-state index >= 15 is 0 Å². The number of phenolic OH excluding ortho intramolecular Hbond substituents is 1. The number of fused-ring (bicyclic) bond motifs is 1. The fourth-order valence-electron chi connectivity index (χ4n) is 2.03. The van der Waals surface area contributed by atoms with Gasteiger partial charge in [0.05, 0.1) is 19.2 Å². The quantitative estimate of drug-likeness (QED) is 0.877. The van der Waals surface area contributed by atoms with Crippen molar-refractivity contribution < 1.29 is 23.8 Å². The van der Waals surface area contributed by atoms with Gasteiger partial charge in [0.1, 0.15) is 5.75 Å². The number of carbonyl (C=O) groups excluding carboxylic acids is 1. The summed E-state index contributed by atoms with van der Waals surface area (Å²) in [7, 11) is 1.25. The summed E-state index contributed by atoms with van der Waals surface area (Å²) >= 11 is 0. The third-order valence-electron chi connectivity index (χ3n) is 3.41. The van der Waals surface area contributed by atoms with Crippen LogP contribution in [0, 0.1) is 11.7 Å². The first-order chi connectivity index (χ1) is 10.1. The van der Waals surface area contributed by atoms with Gasteiger partial charge in [-0.15, -0.1) is 0 Å². The van der Waals surface area contributed by atoms with Gasteiger partial charge >= 0.3 is 5.97 Å². The van der Waals surface area contributed by atoms with E-state index in [4.69, 9.17) is 4.74 Å². The number of ether oxygens (including phenoxy) is 2. The van der Waals surface area contributed by atoms with Crippen molar-refractivity contribution in [1.82, 2.24) is 4.98 Å². The van der Waals surface area contributed by atoms with Crippen LogP contribution in [-0.2, 0) is 4.74 Å². The Balaban J connectivity index is 2.09. The molecule has 0 amide bonds. The summed E-state index contributed by atoms with van der Waals surface area (Å²) in [5.74, 6) is -0.996. The zero-order valence-corrected chi connectivity index (χ0v) is 11.4. The molecule has 1 heterocycles. The first-order valence-corrected chi connectivity index (χ1v) is 6.63. The number of esters is 1. The van der Waals surface area contributed by atoms with Crippen LogP contribution in [-0.4, -0.2) is 29.8 Å². The van der Waals surface area contributed by atoms with Crippen LogP contribution in [0.2, 0.25) is 0 Å². The molecule has 1 N–H and O–H groups in total. The maximum atomic E-state index is 13.5. The Morgan fingerprint density at radius 1 is 1.43 bits per heavy atom. The molecule has 110 valence electrons. The third-order valence-corrected chi connectivity index (χ3v) is 3.41. The molecule has 0 unspecified atom stereocenters. The van der Waals surface area contributed by atoms with Crippen molar-refractivity contribution in [2.45, 2.75) is 12.8 Å². The molecule has 0 radical (unpaired) electrons. The van der Waals surface area contributed by atoms with E-state index in [1.165, 1.54) is 19.2 Å². The minimum absolute atomic E-state index is 0.0425. The highest BCUT2D eigenvalue weighted by Crippen LogP contribution is 2.34. The number of hydrogen-bond donors (Lipinski definition) is 1. The Kier molecular flexibility index (Phi) is 3.37. The van der Waals surface area contributed by atoms with E-state index < -0.39 is 17.5 Å². The van der Waals surface area contributed by atoms with Crippen molar-refractivity contribution in [2.24, 2.45) is 5.92 Å². The molecule has 21 heavy (non-hydrogen) atoms. The molecule has 1 aromatic heterocycles. The second-order valence-electron chi connectivity index (χ2n) is 5.07. The lowest BCUT2D eigenvalue weighted by Crippen LogP contribution is -2.07. The van der Waals surface area contributed by atoms with Crippen molar-refractivity contribution in [3.63, 3.8) is 0 Å². The van der Waals surface area contributed by atoms with Gasteiger partial charge < -0.3 is 14.6 Å². The lowest BCUT2D eigenvalue weighted by Gasteiger charge is -2.11. The number of aromatic nitrogens is 1. The normalized spacial score (nSPS) is 14.2. The number of nitrogens with zero attached hydrogens (tertiary/aromatic N) is 1. The first-order valence-electron chi connectivity index (χ1n) is 6.63. The monoisotopic (exact) mass is 291 g/mol. The van der Waals surface area contributed by atoms with E-state index in [0.29, 0.717) is 23.7 Å². The van der Waals surface area contributed by atoms with E-state index in [0.717, 1.165) is 18.9 Å². The van der Waals surface area contributed by atoms with Crippen molar-refractivity contribution in [3.05, 3.63) is 29.7 Å². The van der Waals surface area contributed by atoms with E-state index in [2.05, 4.69) is 9.72 Å². The standard InChI is InChI=1S/C15H14FNO4/c1-20-15(19)12-6-14(21-7-8-2-3-8)9-4-13(18)10(16)5-11(9)17-12/h4-6,8,18H,2-3,7H2,1H3. The summed E-state index contributed by atoms with van der Waals surface area (Å²) in [6, 6.07) is 3.77. The predicted octanol–water partition coefficient (Wildman–Crippen LogP) is 2.65. The Hall–Kier alpha value is -2.37. The van der Waals surface area contributed by atoms with Gasteiger partial charge in [-0.1, -0.05) is 0 Å². The highest BCUT2D eigenvalue weighted by molar-refractivity contribution is 5.94. The van der Waals surface area contributed by atoms with Crippen molar-refractivity contribution in [1.29, 1.82) is 0 Å². The predicted molar refractivity (Wildman–Crippen MR) is 72.9 cm³/mol. The zero-order valence-electron chi connectivity index (χ0n) is 11.4. The zero-order chi connectivity index (χ0) is 15.0. The fraction of sp³-hybridized carbons (Fsp3) is 0.333. The molecule has 0 spiro atoms. The molecule has 1 aliphatic carbocycles. The van der Waals surface area contributed by atoms with Gasteiger partial charge in [0.15, 0.2) is 17.3 Å². The number of aromatic hydroxyl groups is 1. The van der Waals surface area contributed by atoms with E-state index in [9.17, 15) is 14.3 Å². The number of hydrogen-bond acceptors (Lipinski definition) is 5. The van der Waals surface area contributed by atoms with Gasteiger partial charge in [0.25, 0.3) is 0 Å². The molecule has 1 fully saturated rings. The molecule has 5 nitrogen and oxygen atoms in total. The largest absolute Gasteiger partial charge is 0.505 e. The Bertz CT molecular complexity index is 712. The number of halogens is 1. The SMILES string of the molecule is COC(=O)c1cc(OCC2CC2)c2cc(O)c(F)cc2n1. The molecule has 0 saturated heterocycles. The third kappa shape index (κ3) is 2.74. The summed E-state index contributed by atoms with van der Waals surface area (Å²) in [5, 5.41) is 9.97. The van der Waals surface area contributed by atoms with Crippen LogP contribution < -0.4 is 4.74 Å². The number of carbonyl (C=O) groups is 1. The summed E-state index contributed by atoms with van der Waals surface area (Å²) in [6.07, 6.45) is 2.24. The van der Waals surface area contributed by atoms with Crippen LogP contribution in [0.25, 0.3) is 10.9 Å². The van der Waals surface area contributed by atoms with Crippen LogP contribution >= 0.6 is 0 Å². The highest BCUT2D eigenvalue weighted by Gasteiger charge is 2.23. The molecule has 1 aromatic carbocycles. The van der Waals surface area contributed by atoms with Crippen LogP contribution in [0.5, 0.6) is 11.5 Å². The second kappa shape index (κ2) is 5.20. The van der Waals surface area contributed by atoms with Crippen molar-refractivity contribution in [2.75, 3.05) is 13.7 Å². The summed E-state index contributed by atoms with van der Waals surface area (Å²) in [6.45, 7) is 0.526. The lowest BCUT2D eigenvalue weighted by atomic mass is 10.1. The van der Waals surface area contributed by atoms with E-state index in [1.807, 2.05) is 0 Å². The van der Waals surface area contributed by atoms with Crippen LogP contribution in [0.1, 0.15) is 23.3 Å². The molecular weight excluding hydrogens is 277 g/mol. The summed E-state index contributed by atoms with van der Waals surface area (Å²) < 4.78 is 23.8. The van der Waals surface area contributed by atoms with Gasteiger partial charge in [-0.25, -0.2) is 14.2 Å². The van der Waals surface area contributed by atoms with Gasteiger partial charge in [0.2, 0.25) is 0 Å². The molecule has 1 saturated carbocycles. The minimum Gasteiger partial charge on any atom is -0.505 e. The molecule has 2 aromatic rings. The van der Waals surface area contributed by atoms with Crippen LogP contribution in [0.4, 0.5) is 4.39 Å². The Morgan fingerprint density at radius 3 is 2.86 bits per heavy atom. The number of benzene rings is 1. The van der Waals surface area contributed by atoms with Gasteiger partial charge in [-0.2, -0.15) is 0 Å². The summed E-state index contributed by atoms with van der Waals surface area (Å²) in [5.41, 5.74) is 0.278. The average molecular weight is 291 g/mol. The maximum absolute atomic E-state index is 13.5. The molecule has 6 heteroatoms. The number of phenols is 1. The Morgan fingerprint density at radius 2 is 2.19 bits per heavy atom. The molecular formula is C15H14FNO4. The van der Waals surface area contributed by atoms with Crippen molar-refractivity contribution >= 4 is 16.9 Å². The van der Waals surface area contributed by atoms with Gasteiger partial charge in [-0.3, -0.25) is 0 Å². The molecule has 0 aliphatic heterocycles. The second-order valence-corrected chi connectivity index (χ2v) is 5.07. The smallest absolute Gasteiger partial charge is 0.356 e. The van der Waals surface area contributed by atoms with Crippen LogP contribution in [0.3, 0.4) is 0 Å². The van der Waals surface area contributed by atoms with Gasteiger partial charge in [0, 0.05) is 17.5 Å².